The summed E-state index contributed by atoms with van der Waals surface area (Å²) in [7, 11) is 0. The van der Waals surface area contributed by atoms with Crippen molar-refractivity contribution < 1.29 is 9.53 Å². The molecule has 3 aromatic rings. The van der Waals surface area contributed by atoms with Gasteiger partial charge in [0.25, 0.3) is 5.56 Å². The van der Waals surface area contributed by atoms with Gasteiger partial charge >= 0.3 is 5.97 Å². The van der Waals surface area contributed by atoms with E-state index in [4.69, 9.17) is 4.74 Å². The minimum absolute atomic E-state index is 0.150. The third-order valence-corrected chi connectivity index (χ3v) is 4.04. The Balaban J connectivity index is 2.26. The lowest BCUT2D eigenvalue weighted by Crippen LogP contribution is -2.21. The number of esters is 1. The predicted molar refractivity (Wildman–Crippen MR) is 94.9 cm³/mol. The van der Waals surface area contributed by atoms with E-state index in [0.29, 0.717) is 16.3 Å². The Morgan fingerprint density at radius 1 is 1.00 bits per heavy atom. The van der Waals surface area contributed by atoms with E-state index in [1.807, 2.05) is 30.3 Å². The average Bonchev–Trinajstić information content (AvgIpc) is 2.62. The zero-order valence-corrected chi connectivity index (χ0v) is 13.8. The molecule has 0 aliphatic heterocycles. The normalized spacial score (nSPS) is 10.8. The Hall–Kier alpha value is -2.88. The first-order chi connectivity index (χ1) is 11.7. The summed E-state index contributed by atoms with van der Waals surface area (Å²) in [5, 5.41) is 1.12. The van der Waals surface area contributed by atoms with Crippen LogP contribution < -0.4 is 5.56 Å². The van der Waals surface area contributed by atoms with Crippen molar-refractivity contribution in [3.8, 4) is 5.69 Å². The maximum atomic E-state index is 12.8. The van der Waals surface area contributed by atoms with E-state index < -0.39 is 5.97 Å². The maximum Gasteiger partial charge on any atom is 0.340 e. The van der Waals surface area contributed by atoms with Crippen LogP contribution in [0.25, 0.3) is 16.5 Å². The molecule has 3 rings (SSSR count). The second kappa shape index (κ2) is 6.71. The van der Waals surface area contributed by atoms with Crippen molar-refractivity contribution in [3.63, 3.8) is 0 Å². The van der Waals surface area contributed by atoms with Gasteiger partial charge in [0.15, 0.2) is 0 Å². The molecule has 4 heteroatoms. The number of hydrogen-bond donors (Lipinski definition) is 0. The molecule has 0 atom stereocenters. The fourth-order valence-corrected chi connectivity index (χ4v) is 2.75. The molecule has 0 unspecified atom stereocenters. The number of fused-ring (bicyclic) bond motifs is 1. The molecule has 0 radical (unpaired) electrons. The topological polar surface area (TPSA) is 48.3 Å². The molecule has 1 heterocycles. The number of hydrogen-bond acceptors (Lipinski definition) is 3. The molecule has 1 aromatic heterocycles. The average molecular weight is 321 g/mol. The Morgan fingerprint density at radius 2 is 1.67 bits per heavy atom. The zero-order valence-electron chi connectivity index (χ0n) is 13.8. The van der Waals surface area contributed by atoms with Crippen LogP contribution in [0, 0.1) is 0 Å². The van der Waals surface area contributed by atoms with Crippen molar-refractivity contribution in [3.05, 3.63) is 76.2 Å². The van der Waals surface area contributed by atoms with Crippen molar-refractivity contribution >= 4 is 16.7 Å². The number of carbonyl (C=O) groups excluding carboxylic acids is 1. The molecule has 0 bridgehead atoms. The van der Waals surface area contributed by atoms with E-state index in [0.717, 1.165) is 12.1 Å². The van der Waals surface area contributed by atoms with Crippen LogP contribution in [-0.2, 0) is 11.2 Å². The first-order valence-corrected chi connectivity index (χ1v) is 8.06. The highest BCUT2D eigenvalue weighted by Gasteiger charge is 2.16. The molecule has 0 N–H and O–H groups in total. The van der Waals surface area contributed by atoms with E-state index in [-0.39, 0.29) is 12.2 Å². The van der Waals surface area contributed by atoms with Crippen molar-refractivity contribution in [2.45, 2.75) is 20.3 Å². The third kappa shape index (κ3) is 2.83. The number of nitrogens with zero attached hydrogens (tertiary/aromatic N) is 1. The fourth-order valence-electron chi connectivity index (χ4n) is 2.75. The monoisotopic (exact) mass is 321 g/mol. The van der Waals surface area contributed by atoms with E-state index in [2.05, 4.69) is 6.92 Å². The summed E-state index contributed by atoms with van der Waals surface area (Å²) in [5.74, 6) is -0.423. The van der Waals surface area contributed by atoms with Gasteiger partial charge in [-0.2, -0.15) is 0 Å². The standard InChI is InChI=1S/C20H19NO3/c1-3-14-9-11-15(12-10-14)21-13-18(20(23)24-4-2)16-7-5-6-8-17(16)19(21)22/h5-13H,3-4H2,1-2H3. The molecule has 0 amide bonds. The number of ether oxygens (including phenoxy) is 1. The fraction of sp³-hybridized carbons (Fsp3) is 0.200. The second-order valence-corrected chi connectivity index (χ2v) is 5.50. The summed E-state index contributed by atoms with van der Waals surface area (Å²) in [6.45, 7) is 4.13. The molecule has 2 aromatic carbocycles. The molecule has 24 heavy (non-hydrogen) atoms. The van der Waals surface area contributed by atoms with Crippen LogP contribution in [0.1, 0.15) is 29.8 Å². The van der Waals surface area contributed by atoms with Crippen molar-refractivity contribution in [2.75, 3.05) is 6.61 Å². The molecular weight excluding hydrogens is 302 g/mol. The Morgan fingerprint density at radius 3 is 2.29 bits per heavy atom. The Bertz CT molecular complexity index is 939. The minimum atomic E-state index is -0.423. The number of aromatic nitrogens is 1. The number of benzene rings is 2. The van der Waals surface area contributed by atoms with Crippen LogP contribution in [0.3, 0.4) is 0 Å². The summed E-state index contributed by atoms with van der Waals surface area (Å²) in [5.41, 5.74) is 2.17. The van der Waals surface area contributed by atoms with Gasteiger partial charge in [-0.25, -0.2) is 4.79 Å². The summed E-state index contributed by atoms with van der Waals surface area (Å²) < 4.78 is 6.66. The third-order valence-electron chi connectivity index (χ3n) is 4.04. The SMILES string of the molecule is CCOC(=O)c1cn(-c2ccc(CC)cc2)c(=O)c2ccccc12. The van der Waals surface area contributed by atoms with Crippen LogP contribution in [0.15, 0.2) is 59.5 Å². The molecule has 0 saturated heterocycles. The molecule has 0 saturated carbocycles. The van der Waals surface area contributed by atoms with Crippen LogP contribution >= 0.6 is 0 Å². The van der Waals surface area contributed by atoms with Gasteiger partial charge in [-0.15, -0.1) is 0 Å². The smallest absolute Gasteiger partial charge is 0.340 e. The summed E-state index contributed by atoms with van der Waals surface area (Å²) in [6.07, 6.45) is 2.50. The zero-order chi connectivity index (χ0) is 17.1. The lowest BCUT2D eigenvalue weighted by molar-refractivity contribution is 0.0528. The van der Waals surface area contributed by atoms with Gasteiger partial charge in [0.1, 0.15) is 0 Å². The molecule has 4 nitrogen and oxygen atoms in total. The van der Waals surface area contributed by atoms with Crippen molar-refractivity contribution in [1.82, 2.24) is 4.57 Å². The minimum Gasteiger partial charge on any atom is -0.462 e. The van der Waals surface area contributed by atoms with E-state index in [9.17, 15) is 9.59 Å². The lowest BCUT2D eigenvalue weighted by atomic mass is 10.1. The number of rotatable bonds is 4. The number of carbonyl (C=O) groups is 1. The van der Waals surface area contributed by atoms with Crippen LogP contribution in [0.4, 0.5) is 0 Å². The Kier molecular flexibility index (Phi) is 4.47. The number of pyridine rings is 1. The van der Waals surface area contributed by atoms with Crippen molar-refractivity contribution in [1.29, 1.82) is 0 Å². The Labute approximate surface area is 140 Å². The highest BCUT2D eigenvalue weighted by molar-refractivity contribution is 6.04. The summed E-state index contributed by atoms with van der Waals surface area (Å²) >= 11 is 0. The molecule has 122 valence electrons. The van der Waals surface area contributed by atoms with Gasteiger partial charge in [0.2, 0.25) is 0 Å². The second-order valence-electron chi connectivity index (χ2n) is 5.50. The van der Waals surface area contributed by atoms with E-state index >= 15 is 0 Å². The van der Waals surface area contributed by atoms with Gasteiger partial charge in [0, 0.05) is 22.7 Å². The largest absolute Gasteiger partial charge is 0.462 e. The van der Waals surface area contributed by atoms with Gasteiger partial charge in [-0.3, -0.25) is 9.36 Å². The maximum absolute atomic E-state index is 12.8. The molecular formula is C20H19NO3. The van der Waals surface area contributed by atoms with Gasteiger partial charge < -0.3 is 4.74 Å². The first-order valence-electron chi connectivity index (χ1n) is 8.06. The molecule has 0 fully saturated rings. The molecule has 0 aliphatic rings. The van der Waals surface area contributed by atoms with Crippen molar-refractivity contribution in [2.24, 2.45) is 0 Å². The summed E-state index contributed by atoms with van der Waals surface area (Å²) in [6, 6.07) is 14.9. The van der Waals surface area contributed by atoms with E-state index in [1.54, 1.807) is 31.3 Å². The predicted octanol–water partition coefficient (Wildman–Crippen LogP) is 3.73. The van der Waals surface area contributed by atoms with Crippen LogP contribution in [0.5, 0.6) is 0 Å². The highest BCUT2D eigenvalue weighted by atomic mass is 16.5. The highest BCUT2D eigenvalue weighted by Crippen LogP contribution is 2.19. The van der Waals surface area contributed by atoms with Gasteiger partial charge in [0.05, 0.1) is 12.2 Å². The molecule has 0 spiro atoms. The molecule has 0 aliphatic carbocycles. The number of aryl methyl sites for hydroxylation is 1. The van der Waals surface area contributed by atoms with E-state index in [1.165, 1.54) is 10.1 Å². The van der Waals surface area contributed by atoms with Crippen LogP contribution in [0.2, 0.25) is 0 Å². The quantitative estimate of drug-likeness (QED) is 0.688. The van der Waals surface area contributed by atoms with Gasteiger partial charge in [-0.05, 0) is 37.1 Å². The first kappa shape index (κ1) is 16.0. The summed E-state index contributed by atoms with van der Waals surface area (Å²) in [4.78, 5) is 25.1. The lowest BCUT2D eigenvalue weighted by Gasteiger charge is -2.12. The van der Waals surface area contributed by atoms with Gasteiger partial charge in [-0.1, -0.05) is 37.3 Å². The van der Waals surface area contributed by atoms with Crippen LogP contribution in [-0.4, -0.2) is 17.1 Å².